The van der Waals surface area contributed by atoms with Gasteiger partial charge in [0.15, 0.2) is 0 Å². The summed E-state index contributed by atoms with van der Waals surface area (Å²) in [5.74, 6) is -0.336. The fraction of sp³-hybridized carbons (Fsp3) is 0.240. The number of non-ortho nitro benzene ring substituents is 2. The fourth-order valence-corrected chi connectivity index (χ4v) is 5.53. The van der Waals surface area contributed by atoms with E-state index in [2.05, 4.69) is 4.98 Å². The van der Waals surface area contributed by atoms with Gasteiger partial charge in [-0.15, -0.1) is 11.3 Å². The standard InChI is InChI=1S/C25H21N5O5S/c1-15-24(36-14-26-15)25(31)28-23(17-7-11-20(12-8-17)30(34)35)21-4-2-3-18(22(21)27-28)13-16-5-9-19(10-6-16)29(32)33/h5-14,21,23H,2-4H2,1H3/b18-13-/t21-,23+/m0/s1. The Labute approximate surface area is 209 Å². The Morgan fingerprint density at radius 1 is 1.06 bits per heavy atom. The molecule has 1 aromatic heterocycles. The topological polar surface area (TPSA) is 132 Å². The third-order valence-corrected chi connectivity index (χ3v) is 7.46. The maximum absolute atomic E-state index is 13.6. The molecular formula is C25H21N5O5S. The van der Waals surface area contributed by atoms with Gasteiger partial charge in [-0.3, -0.25) is 25.0 Å². The number of fused-ring (bicyclic) bond motifs is 1. The highest BCUT2D eigenvalue weighted by Gasteiger charge is 2.44. The number of hydrogen-bond donors (Lipinski definition) is 0. The summed E-state index contributed by atoms with van der Waals surface area (Å²) in [4.78, 5) is 39.6. The number of hydrogen-bond acceptors (Lipinski definition) is 8. The molecule has 1 fully saturated rings. The van der Waals surface area contributed by atoms with Gasteiger partial charge in [-0.1, -0.05) is 12.1 Å². The smallest absolute Gasteiger partial charge is 0.266 e. The quantitative estimate of drug-likeness (QED) is 0.324. The molecule has 2 atom stereocenters. The van der Waals surface area contributed by atoms with E-state index in [1.54, 1.807) is 36.7 Å². The van der Waals surface area contributed by atoms with Crippen molar-refractivity contribution in [2.75, 3.05) is 0 Å². The van der Waals surface area contributed by atoms with Crippen molar-refractivity contribution in [1.29, 1.82) is 0 Å². The van der Waals surface area contributed by atoms with E-state index in [0.29, 0.717) is 10.6 Å². The summed E-state index contributed by atoms with van der Waals surface area (Å²) in [5.41, 5.74) is 5.62. The van der Waals surface area contributed by atoms with Crippen molar-refractivity contribution in [3.05, 3.63) is 102 Å². The van der Waals surface area contributed by atoms with E-state index in [1.165, 1.54) is 40.6 Å². The summed E-state index contributed by atoms with van der Waals surface area (Å²) in [6.45, 7) is 1.78. The first-order valence-electron chi connectivity index (χ1n) is 11.4. The highest BCUT2D eigenvalue weighted by atomic mass is 32.1. The fourth-order valence-electron chi connectivity index (χ4n) is 4.80. The van der Waals surface area contributed by atoms with Crippen molar-refractivity contribution in [3.8, 4) is 0 Å². The van der Waals surface area contributed by atoms with Crippen LogP contribution in [0.5, 0.6) is 0 Å². The third kappa shape index (κ3) is 4.29. The molecular weight excluding hydrogens is 482 g/mol. The number of carbonyl (C=O) groups excluding carboxylic acids is 1. The highest BCUT2D eigenvalue weighted by Crippen LogP contribution is 2.45. The van der Waals surface area contributed by atoms with Crippen molar-refractivity contribution in [2.45, 2.75) is 32.2 Å². The molecule has 2 aliphatic rings. The Bertz CT molecular complexity index is 1410. The Morgan fingerprint density at radius 2 is 1.69 bits per heavy atom. The molecule has 182 valence electrons. The first-order chi connectivity index (χ1) is 17.3. The maximum atomic E-state index is 13.6. The molecule has 0 bridgehead atoms. The van der Waals surface area contributed by atoms with Gasteiger partial charge in [-0.2, -0.15) is 5.10 Å². The number of thiazole rings is 1. The predicted octanol–water partition coefficient (Wildman–Crippen LogP) is 5.70. The Kier molecular flexibility index (Phi) is 6.15. The summed E-state index contributed by atoms with van der Waals surface area (Å²) in [5, 5.41) is 28.5. The molecule has 5 rings (SSSR count). The van der Waals surface area contributed by atoms with Gasteiger partial charge in [0.05, 0.1) is 32.8 Å². The van der Waals surface area contributed by atoms with Crippen LogP contribution in [-0.2, 0) is 0 Å². The lowest BCUT2D eigenvalue weighted by molar-refractivity contribution is -0.385. The van der Waals surface area contributed by atoms with Crippen LogP contribution >= 0.6 is 11.3 Å². The molecule has 1 amide bonds. The van der Waals surface area contributed by atoms with Gasteiger partial charge >= 0.3 is 0 Å². The van der Waals surface area contributed by atoms with E-state index < -0.39 is 15.9 Å². The van der Waals surface area contributed by atoms with Crippen molar-refractivity contribution in [2.24, 2.45) is 11.0 Å². The monoisotopic (exact) mass is 503 g/mol. The Morgan fingerprint density at radius 3 is 2.28 bits per heavy atom. The van der Waals surface area contributed by atoms with Gasteiger partial charge < -0.3 is 0 Å². The van der Waals surface area contributed by atoms with Gasteiger partial charge in [-0.25, -0.2) is 9.99 Å². The van der Waals surface area contributed by atoms with E-state index >= 15 is 0 Å². The van der Waals surface area contributed by atoms with Gasteiger partial charge in [0.25, 0.3) is 17.3 Å². The van der Waals surface area contributed by atoms with Crippen LogP contribution < -0.4 is 0 Å². The number of aryl methyl sites for hydroxylation is 1. The molecule has 0 unspecified atom stereocenters. The lowest BCUT2D eigenvalue weighted by Gasteiger charge is -2.29. The molecule has 11 heteroatoms. The number of carbonyl (C=O) groups is 1. The van der Waals surface area contributed by atoms with Crippen LogP contribution in [0.25, 0.3) is 6.08 Å². The predicted molar refractivity (Wildman–Crippen MR) is 135 cm³/mol. The Balaban J connectivity index is 1.55. The van der Waals surface area contributed by atoms with Crippen molar-refractivity contribution in [1.82, 2.24) is 9.99 Å². The Hall–Kier alpha value is -4.25. The SMILES string of the molecule is Cc1ncsc1C(=O)N1N=C2/C(=C\c3ccc([N+](=O)[O-])cc3)CCC[C@@H]2[C@H]1c1ccc([N+](=O)[O-])cc1. The molecule has 2 heterocycles. The second-order valence-electron chi connectivity index (χ2n) is 8.71. The number of aromatic nitrogens is 1. The molecule has 3 aromatic rings. The van der Waals surface area contributed by atoms with Crippen LogP contribution in [0.1, 0.15) is 51.8 Å². The van der Waals surface area contributed by atoms with Crippen LogP contribution in [0.2, 0.25) is 0 Å². The number of allylic oxidation sites excluding steroid dienone is 1. The number of benzene rings is 2. The van der Waals surface area contributed by atoms with E-state index in [4.69, 9.17) is 5.10 Å². The van der Waals surface area contributed by atoms with Gasteiger partial charge in [0, 0.05) is 30.2 Å². The number of nitro groups is 2. The zero-order valence-electron chi connectivity index (χ0n) is 19.2. The first-order valence-corrected chi connectivity index (χ1v) is 12.2. The third-order valence-electron chi connectivity index (χ3n) is 6.54. The molecule has 1 aliphatic heterocycles. The molecule has 0 spiro atoms. The van der Waals surface area contributed by atoms with Crippen molar-refractivity contribution in [3.63, 3.8) is 0 Å². The molecule has 0 radical (unpaired) electrons. The number of rotatable bonds is 5. The molecule has 1 saturated carbocycles. The lowest BCUT2D eigenvalue weighted by atomic mass is 9.77. The second-order valence-corrected chi connectivity index (χ2v) is 9.57. The average molecular weight is 504 g/mol. The molecule has 0 N–H and O–H groups in total. The zero-order valence-corrected chi connectivity index (χ0v) is 20.1. The van der Waals surface area contributed by atoms with E-state index in [-0.39, 0.29) is 23.2 Å². The molecule has 0 saturated heterocycles. The van der Waals surface area contributed by atoms with Crippen LogP contribution in [-0.4, -0.2) is 31.5 Å². The zero-order chi connectivity index (χ0) is 25.4. The molecule has 2 aromatic carbocycles. The summed E-state index contributed by atoms with van der Waals surface area (Å²) >= 11 is 1.26. The number of nitrogens with zero attached hydrogens (tertiary/aromatic N) is 5. The summed E-state index contributed by atoms with van der Waals surface area (Å²) < 4.78 is 0. The van der Waals surface area contributed by atoms with Crippen LogP contribution in [0, 0.1) is 33.1 Å². The van der Waals surface area contributed by atoms with Gasteiger partial charge in [-0.05, 0) is 61.1 Å². The van der Waals surface area contributed by atoms with E-state index in [0.717, 1.165) is 41.7 Å². The summed E-state index contributed by atoms with van der Waals surface area (Å²) in [6.07, 6.45) is 4.42. The van der Waals surface area contributed by atoms with Crippen LogP contribution in [0.4, 0.5) is 11.4 Å². The number of hydrazone groups is 1. The summed E-state index contributed by atoms with van der Waals surface area (Å²) in [6, 6.07) is 12.2. The van der Waals surface area contributed by atoms with E-state index in [9.17, 15) is 25.0 Å². The van der Waals surface area contributed by atoms with E-state index in [1.807, 2.05) is 6.08 Å². The normalized spacial score (nSPS) is 20.2. The summed E-state index contributed by atoms with van der Waals surface area (Å²) in [7, 11) is 0. The average Bonchev–Trinajstić information content (AvgIpc) is 3.48. The minimum Gasteiger partial charge on any atom is -0.266 e. The van der Waals surface area contributed by atoms with Crippen molar-refractivity contribution >= 4 is 40.4 Å². The van der Waals surface area contributed by atoms with Gasteiger partial charge in [0.1, 0.15) is 4.88 Å². The van der Waals surface area contributed by atoms with Crippen LogP contribution in [0.3, 0.4) is 0 Å². The minimum absolute atomic E-state index is 0.0172. The van der Waals surface area contributed by atoms with Crippen LogP contribution in [0.15, 0.2) is 64.7 Å². The largest absolute Gasteiger partial charge is 0.286 e. The van der Waals surface area contributed by atoms with Gasteiger partial charge in [0.2, 0.25) is 0 Å². The number of amides is 1. The molecule has 36 heavy (non-hydrogen) atoms. The molecule has 1 aliphatic carbocycles. The maximum Gasteiger partial charge on any atom is 0.286 e. The number of nitro benzene ring substituents is 2. The second kappa shape index (κ2) is 9.42. The first kappa shape index (κ1) is 23.5. The minimum atomic E-state index is -0.449. The van der Waals surface area contributed by atoms with Crippen molar-refractivity contribution < 1.29 is 14.6 Å². The highest BCUT2D eigenvalue weighted by molar-refractivity contribution is 7.11. The lowest BCUT2D eigenvalue weighted by Crippen LogP contribution is -2.31. The molecule has 10 nitrogen and oxygen atoms in total.